The highest BCUT2D eigenvalue weighted by Gasteiger charge is 2.26. The third kappa shape index (κ3) is 6.37. The second-order valence-electron chi connectivity index (χ2n) is 6.26. The Hall–Kier alpha value is -1.30. The van der Waals surface area contributed by atoms with Crippen LogP contribution in [0.2, 0.25) is 0 Å². The van der Waals surface area contributed by atoms with E-state index in [-0.39, 0.29) is 11.9 Å². The van der Waals surface area contributed by atoms with Crippen LogP contribution in [0.1, 0.15) is 40.0 Å². The predicted octanol–water partition coefficient (Wildman–Crippen LogP) is 1.57. The lowest BCUT2D eigenvalue weighted by Crippen LogP contribution is -2.47. The van der Waals surface area contributed by atoms with Gasteiger partial charge in [0.25, 0.3) is 0 Å². The summed E-state index contributed by atoms with van der Waals surface area (Å²) < 4.78 is 4.85. The highest BCUT2D eigenvalue weighted by molar-refractivity contribution is 5.80. The van der Waals surface area contributed by atoms with Crippen molar-refractivity contribution in [2.45, 2.75) is 46.1 Å². The molecule has 1 fully saturated rings. The van der Waals surface area contributed by atoms with Gasteiger partial charge in [0.1, 0.15) is 0 Å². The minimum atomic E-state index is -0.0817. The summed E-state index contributed by atoms with van der Waals surface area (Å²) >= 11 is 0. The van der Waals surface area contributed by atoms with Gasteiger partial charge in [-0.3, -0.25) is 9.79 Å². The van der Waals surface area contributed by atoms with E-state index in [9.17, 15) is 4.79 Å². The Kier molecular flexibility index (Phi) is 8.99. The van der Waals surface area contributed by atoms with Crippen LogP contribution in [0.25, 0.3) is 0 Å². The van der Waals surface area contributed by atoms with Crippen LogP contribution in [0.5, 0.6) is 0 Å². The van der Waals surface area contributed by atoms with Gasteiger partial charge in [0.2, 0.25) is 0 Å². The number of carbonyl (C=O) groups is 1. The van der Waals surface area contributed by atoms with E-state index in [2.05, 4.69) is 42.9 Å². The molecule has 1 aliphatic rings. The summed E-state index contributed by atoms with van der Waals surface area (Å²) in [6.45, 7) is 10.9. The van der Waals surface area contributed by atoms with Crippen LogP contribution in [0.4, 0.5) is 0 Å². The topological polar surface area (TPSA) is 57.2 Å². The normalized spacial score (nSPS) is 18.2. The zero-order valence-corrected chi connectivity index (χ0v) is 15.5. The monoisotopic (exact) mass is 326 g/mol. The van der Waals surface area contributed by atoms with Crippen molar-refractivity contribution in [3.8, 4) is 0 Å². The molecule has 0 aromatic rings. The standard InChI is InChI=1S/C17H34N4O2/c1-6-14(3)20(4)13-10-19-17(18-7-2)21-11-8-15(9-12-21)16(22)23-5/h14-15H,6-13H2,1-5H3,(H,18,19). The molecular formula is C17H34N4O2. The van der Waals surface area contributed by atoms with E-state index in [1.807, 2.05) is 0 Å². The molecule has 1 N–H and O–H groups in total. The molecule has 0 radical (unpaired) electrons. The Morgan fingerprint density at radius 3 is 2.57 bits per heavy atom. The van der Waals surface area contributed by atoms with Crippen molar-refractivity contribution in [1.82, 2.24) is 15.1 Å². The van der Waals surface area contributed by atoms with Crippen LogP contribution in [0.15, 0.2) is 4.99 Å². The Bertz CT molecular complexity index is 379. The number of nitrogens with zero attached hydrogens (tertiary/aromatic N) is 3. The van der Waals surface area contributed by atoms with Crippen LogP contribution in [0, 0.1) is 5.92 Å². The number of aliphatic imine (C=N–C) groups is 1. The third-order valence-electron chi connectivity index (χ3n) is 4.72. The highest BCUT2D eigenvalue weighted by Crippen LogP contribution is 2.18. The zero-order chi connectivity index (χ0) is 17.2. The molecule has 6 nitrogen and oxygen atoms in total. The number of likely N-dealkylation sites (N-methyl/N-ethyl adjacent to an activating group) is 1. The molecule has 23 heavy (non-hydrogen) atoms. The van der Waals surface area contributed by atoms with Crippen LogP contribution >= 0.6 is 0 Å². The average Bonchev–Trinajstić information content (AvgIpc) is 2.59. The van der Waals surface area contributed by atoms with E-state index in [1.165, 1.54) is 7.11 Å². The fourth-order valence-electron chi connectivity index (χ4n) is 2.77. The van der Waals surface area contributed by atoms with Gasteiger partial charge in [-0.05, 0) is 40.2 Å². The lowest BCUT2D eigenvalue weighted by atomic mass is 9.97. The van der Waals surface area contributed by atoms with Crippen LogP contribution in [-0.2, 0) is 9.53 Å². The first-order valence-electron chi connectivity index (χ1n) is 8.84. The summed E-state index contributed by atoms with van der Waals surface area (Å²) in [7, 11) is 3.62. The molecule has 0 aliphatic carbocycles. The number of ether oxygens (including phenoxy) is 1. The number of hydrogen-bond acceptors (Lipinski definition) is 4. The van der Waals surface area contributed by atoms with Crippen LogP contribution < -0.4 is 5.32 Å². The summed E-state index contributed by atoms with van der Waals surface area (Å²) in [5, 5.41) is 3.37. The Morgan fingerprint density at radius 1 is 1.39 bits per heavy atom. The SMILES string of the molecule is CCNC(=NCCN(C)C(C)CC)N1CCC(C(=O)OC)CC1. The van der Waals surface area contributed by atoms with E-state index < -0.39 is 0 Å². The number of piperidine rings is 1. The smallest absolute Gasteiger partial charge is 0.308 e. The van der Waals surface area contributed by atoms with E-state index >= 15 is 0 Å². The number of nitrogens with one attached hydrogen (secondary N) is 1. The van der Waals surface area contributed by atoms with Gasteiger partial charge < -0.3 is 19.9 Å². The summed E-state index contributed by atoms with van der Waals surface area (Å²) in [6.07, 6.45) is 2.83. The molecule has 0 saturated carbocycles. The number of methoxy groups -OCH3 is 1. The van der Waals surface area contributed by atoms with Gasteiger partial charge in [0.15, 0.2) is 5.96 Å². The van der Waals surface area contributed by atoms with Crippen molar-refractivity contribution >= 4 is 11.9 Å². The molecule has 1 unspecified atom stereocenters. The predicted molar refractivity (Wildman–Crippen MR) is 94.7 cm³/mol. The van der Waals surface area contributed by atoms with Gasteiger partial charge in [-0.2, -0.15) is 0 Å². The maximum Gasteiger partial charge on any atom is 0.308 e. The quantitative estimate of drug-likeness (QED) is 0.437. The van der Waals surface area contributed by atoms with Gasteiger partial charge in [-0.15, -0.1) is 0 Å². The highest BCUT2D eigenvalue weighted by atomic mass is 16.5. The lowest BCUT2D eigenvalue weighted by Gasteiger charge is -2.33. The third-order valence-corrected chi connectivity index (χ3v) is 4.72. The summed E-state index contributed by atoms with van der Waals surface area (Å²) in [5.74, 6) is 0.922. The van der Waals surface area contributed by atoms with Gasteiger partial charge in [-0.1, -0.05) is 6.92 Å². The molecular weight excluding hydrogens is 292 g/mol. The number of guanidine groups is 1. The second-order valence-corrected chi connectivity index (χ2v) is 6.26. The number of likely N-dealkylation sites (tertiary alicyclic amines) is 1. The number of rotatable bonds is 7. The molecule has 0 spiro atoms. The van der Waals surface area contributed by atoms with E-state index in [0.29, 0.717) is 6.04 Å². The minimum absolute atomic E-state index is 0.0377. The van der Waals surface area contributed by atoms with Gasteiger partial charge in [0, 0.05) is 32.2 Å². The fourth-order valence-corrected chi connectivity index (χ4v) is 2.77. The molecule has 1 heterocycles. The Balaban J connectivity index is 2.51. The lowest BCUT2D eigenvalue weighted by molar-refractivity contribution is -0.146. The molecule has 0 amide bonds. The van der Waals surface area contributed by atoms with Crippen molar-refractivity contribution in [2.75, 3.05) is 46.9 Å². The summed E-state index contributed by atoms with van der Waals surface area (Å²) in [5.41, 5.74) is 0. The molecule has 1 atom stereocenters. The first-order valence-corrected chi connectivity index (χ1v) is 8.84. The van der Waals surface area contributed by atoms with E-state index in [4.69, 9.17) is 9.73 Å². The van der Waals surface area contributed by atoms with Gasteiger partial charge >= 0.3 is 5.97 Å². The summed E-state index contributed by atoms with van der Waals surface area (Å²) in [6, 6.07) is 0.587. The first kappa shape index (κ1) is 19.7. The maximum absolute atomic E-state index is 11.6. The molecule has 0 aromatic heterocycles. The zero-order valence-electron chi connectivity index (χ0n) is 15.5. The average molecular weight is 326 g/mol. The fraction of sp³-hybridized carbons (Fsp3) is 0.882. The molecule has 134 valence electrons. The van der Waals surface area contributed by atoms with Crippen molar-refractivity contribution in [3.05, 3.63) is 0 Å². The largest absolute Gasteiger partial charge is 0.469 e. The second kappa shape index (κ2) is 10.5. The van der Waals surface area contributed by atoms with Crippen molar-refractivity contribution in [2.24, 2.45) is 10.9 Å². The molecule has 0 aromatic carbocycles. The van der Waals surface area contributed by atoms with Crippen LogP contribution in [0.3, 0.4) is 0 Å². The molecule has 6 heteroatoms. The maximum atomic E-state index is 11.6. The first-order chi connectivity index (χ1) is 11.0. The Morgan fingerprint density at radius 2 is 2.04 bits per heavy atom. The van der Waals surface area contributed by atoms with Crippen LogP contribution in [-0.4, -0.2) is 74.7 Å². The Labute approximate surface area is 141 Å². The molecule has 0 bridgehead atoms. The van der Waals surface area contributed by atoms with Crippen molar-refractivity contribution in [3.63, 3.8) is 0 Å². The molecule has 1 rings (SSSR count). The minimum Gasteiger partial charge on any atom is -0.469 e. The van der Waals surface area contributed by atoms with E-state index in [1.54, 1.807) is 0 Å². The van der Waals surface area contributed by atoms with Crippen molar-refractivity contribution in [1.29, 1.82) is 0 Å². The number of hydrogen-bond donors (Lipinski definition) is 1. The number of esters is 1. The van der Waals surface area contributed by atoms with Gasteiger partial charge in [-0.25, -0.2) is 0 Å². The molecule has 1 saturated heterocycles. The number of carbonyl (C=O) groups excluding carboxylic acids is 1. The molecule has 1 aliphatic heterocycles. The van der Waals surface area contributed by atoms with Crippen molar-refractivity contribution < 1.29 is 9.53 Å². The van der Waals surface area contributed by atoms with E-state index in [0.717, 1.165) is 57.9 Å². The van der Waals surface area contributed by atoms with Gasteiger partial charge in [0.05, 0.1) is 19.6 Å². The summed E-state index contributed by atoms with van der Waals surface area (Å²) in [4.78, 5) is 21.0.